The molecular formula is C27H25NO3. The van der Waals surface area contributed by atoms with Crippen LogP contribution < -0.4 is 10.1 Å². The fourth-order valence-electron chi connectivity index (χ4n) is 3.84. The number of carbonyl (C=O) groups is 1. The third-order valence-corrected chi connectivity index (χ3v) is 5.26. The molecule has 0 bridgehead atoms. The van der Waals surface area contributed by atoms with Crippen molar-refractivity contribution >= 4 is 6.09 Å². The van der Waals surface area contributed by atoms with E-state index in [1.807, 2.05) is 55.5 Å². The van der Waals surface area contributed by atoms with Crippen molar-refractivity contribution in [3.05, 3.63) is 89.5 Å². The first-order valence-electron chi connectivity index (χ1n) is 10.6. The molecule has 1 N–H and O–H groups in total. The van der Waals surface area contributed by atoms with Crippen molar-refractivity contribution in [2.75, 3.05) is 19.8 Å². The summed E-state index contributed by atoms with van der Waals surface area (Å²) >= 11 is 0. The van der Waals surface area contributed by atoms with Crippen LogP contribution in [0.15, 0.2) is 72.8 Å². The maximum atomic E-state index is 12.2. The number of nitrogens with one attached hydrogen (secondary N) is 1. The molecule has 0 atom stereocenters. The van der Waals surface area contributed by atoms with E-state index >= 15 is 0 Å². The Morgan fingerprint density at radius 3 is 2.23 bits per heavy atom. The van der Waals surface area contributed by atoms with E-state index in [0.29, 0.717) is 26.2 Å². The Kier molecular flexibility index (Phi) is 6.54. The van der Waals surface area contributed by atoms with Gasteiger partial charge in [-0.15, -0.1) is 0 Å². The first kappa shape index (κ1) is 20.6. The average Bonchev–Trinajstić information content (AvgIpc) is 3.12. The van der Waals surface area contributed by atoms with Gasteiger partial charge in [-0.25, -0.2) is 4.79 Å². The molecule has 0 spiro atoms. The molecule has 4 nitrogen and oxygen atoms in total. The predicted octanol–water partition coefficient (Wildman–Crippen LogP) is 5.37. The highest BCUT2D eigenvalue weighted by Gasteiger charge is 2.28. The van der Waals surface area contributed by atoms with Gasteiger partial charge in [0.1, 0.15) is 12.4 Å². The Bertz CT molecular complexity index is 1060. The van der Waals surface area contributed by atoms with Crippen molar-refractivity contribution in [2.24, 2.45) is 0 Å². The van der Waals surface area contributed by atoms with E-state index in [9.17, 15) is 4.79 Å². The molecule has 1 amide bonds. The third kappa shape index (κ3) is 4.90. The molecule has 0 radical (unpaired) electrons. The van der Waals surface area contributed by atoms with Crippen LogP contribution in [0.3, 0.4) is 0 Å². The van der Waals surface area contributed by atoms with Crippen LogP contribution >= 0.6 is 0 Å². The zero-order chi connectivity index (χ0) is 21.5. The minimum Gasteiger partial charge on any atom is -0.494 e. The van der Waals surface area contributed by atoms with E-state index in [1.165, 1.54) is 22.3 Å². The summed E-state index contributed by atoms with van der Waals surface area (Å²) in [5, 5.41) is 2.78. The summed E-state index contributed by atoms with van der Waals surface area (Å²) in [6.45, 7) is 3.36. The number of alkyl carbamates (subject to hydrolysis) is 1. The van der Waals surface area contributed by atoms with Gasteiger partial charge in [0.25, 0.3) is 0 Å². The standard InChI is InChI=1S/C27H25NO3/c1-2-30-21-16-14-20(15-17-21)9-7-8-18-28-27(29)31-19-26-24-12-5-3-10-22(24)23-11-4-6-13-25(23)26/h3-6,10-17,26H,2,8,18-19H2,1H3,(H,28,29). The minimum absolute atomic E-state index is 0.0672. The molecule has 0 aliphatic heterocycles. The smallest absolute Gasteiger partial charge is 0.407 e. The molecule has 3 aromatic rings. The minimum atomic E-state index is -0.412. The Labute approximate surface area is 183 Å². The zero-order valence-corrected chi connectivity index (χ0v) is 17.6. The van der Waals surface area contributed by atoms with Crippen molar-refractivity contribution < 1.29 is 14.3 Å². The highest BCUT2D eigenvalue weighted by atomic mass is 16.5. The normalized spacial score (nSPS) is 11.6. The molecule has 4 rings (SSSR count). The van der Waals surface area contributed by atoms with Crippen molar-refractivity contribution in [3.63, 3.8) is 0 Å². The van der Waals surface area contributed by atoms with Gasteiger partial charge in [0.05, 0.1) is 6.61 Å². The van der Waals surface area contributed by atoms with Gasteiger partial charge < -0.3 is 14.8 Å². The van der Waals surface area contributed by atoms with Crippen LogP contribution in [0.1, 0.15) is 36.0 Å². The van der Waals surface area contributed by atoms with E-state index in [2.05, 4.69) is 41.4 Å². The molecule has 0 heterocycles. The van der Waals surface area contributed by atoms with E-state index in [-0.39, 0.29) is 5.92 Å². The van der Waals surface area contributed by atoms with Gasteiger partial charge in [-0.3, -0.25) is 0 Å². The number of carbonyl (C=O) groups excluding carboxylic acids is 1. The van der Waals surface area contributed by atoms with Crippen LogP contribution in [0.5, 0.6) is 5.75 Å². The van der Waals surface area contributed by atoms with E-state index in [0.717, 1.165) is 11.3 Å². The fourth-order valence-corrected chi connectivity index (χ4v) is 3.84. The van der Waals surface area contributed by atoms with Crippen LogP contribution in [-0.4, -0.2) is 25.9 Å². The Morgan fingerprint density at radius 1 is 0.935 bits per heavy atom. The van der Waals surface area contributed by atoms with Crippen molar-refractivity contribution in [3.8, 4) is 28.7 Å². The number of fused-ring (bicyclic) bond motifs is 3. The molecule has 0 saturated heterocycles. The summed E-state index contributed by atoms with van der Waals surface area (Å²) in [6, 6.07) is 24.3. The average molecular weight is 412 g/mol. The Balaban J connectivity index is 1.25. The van der Waals surface area contributed by atoms with Crippen LogP contribution in [0.25, 0.3) is 11.1 Å². The number of hydrogen-bond donors (Lipinski definition) is 1. The van der Waals surface area contributed by atoms with Gasteiger partial charge in [-0.05, 0) is 53.4 Å². The molecule has 4 heteroatoms. The molecular weight excluding hydrogens is 386 g/mol. The largest absolute Gasteiger partial charge is 0.494 e. The molecule has 0 fully saturated rings. The van der Waals surface area contributed by atoms with Gasteiger partial charge in [-0.2, -0.15) is 0 Å². The first-order valence-corrected chi connectivity index (χ1v) is 10.6. The number of amides is 1. The summed E-state index contributed by atoms with van der Waals surface area (Å²) in [7, 11) is 0. The summed E-state index contributed by atoms with van der Waals surface area (Å²) in [5.74, 6) is 7.06. The van der Waals surface area contributed by atoms with Gasteiger partial charge in [0.15, 0.2) is 0 Å². The highest BCUT2D eigenvalue weighted by Crippen LogP contribution is 2.44. The zero-order valence-electron chi connectivity index (χ0n) is 17.6. The molecule has 0 saturated carbocycles. The van der Waals surface area contributed by atoms with Gasteiger partial charge in [0.2, 0.25) is 0 Å². The summed E-state index contributed by atoms with van der Waals surface area (Å²) in [4.78, 5) is 12.2. The number of rotatable bonds is 6. The van der Waals surface area contributed by atoms with Crippen molar-refractivity contribution in [1.82, 2.24) is 5.32 Å². The lowest BCUT2D eigenvalue weighted by atomic mass is 9.98. The van der Waals surface area contributed by atoms with Crippen LogP contribution in [-0.2, 0) is 4.74 Å². The fraction of sp³-hybridized carbons (Fsp3) is 0.222. The van der Waals surface area contributed by atoms with E-state index < -0.39 is 6.09 Å². The maximum Gasteiger partial charge on any atom is 0.407 e. The lowest BCUT2D eigenvalue weighted by Gasteiger charge is -2.14. The quantitative estimate of drug-likeness (QED) is 0.438. The van der Waals surface area contributed by atoms with Crippen LogP contribution in [0, 0.1) is 11.8 Å². The van der Waals surface area contributed by atoms with Gasteiger partial charge in [-0.1, -0.05) is 60.4 Å². The molecule has 0 aromatic heterocycles. The highest BCUT2D eigenvalue weighted by molar-refractivity contribution is 5.79. The van der Waals surface area contributed by atoms with Crippen LogP contribution in [0.4, 0.5) is 4.79 Å². The SMILES string of the molecule is CCOc1ccc(C#CCCNC(=O)OCC2c3ccccc3-c3ccccc32)cc1. The lowest BCUT2D eigenvalue weighted by molar-refractivity contribution is 0.143. The van der Waals surface area contributed by atoms with E-state index in [1.54, 1.807) is 0 Å². The van der Waals surface area contributed by atoms with Crippen molar-refractivity contribution in [2.45, 2.75) is 19.3 Å². The number of benzene rings is 3. The van der Waals surface area contributed by atoms with Gasteiger partial charge in [0, 0.05) is 24.4 Å². The first-order chi connectivity index (χ1) is 15.3. The third-order valence-electron chi connectivity index (χ3n) is 5.26. The topological polar surface area (TPSA) is 47.6 Å². The Morgan fingerprint density at radius 2 is 1.58 bits per heavy atom. The lowest BCUT2D eigenvalue weighted by Crippen LogP contribution is -2.26. The van der Waals surface area contributed by atoms with Gasteiger partial charge >= 0.3 is 6.09 Å². The number of hydrogen-bond acceptors (Lipinski definition) is 3. The monoisotopic (exact) mass is 411 g/mol. The molecule has 31 heavy (non-hydrogen) atoms. The molecule has 0 unspecified atom stereocenters. The molecule has 1 aliphatic carbocycles. The second-order valence-electron chi connectivity index (χ2n) is 7.26. The molecule has 1 aliphatic rings. The van der Waals surface area contributed by atoms with Crippen LogP contribution in [0.2, 0.25) is 0 Å². The molecule has 3 aromatic carbocycles. The second kappa shape index (κ2) is 9.86. The number of ether oxygens (including phenoxy) is 2. The second-order valence-corrected chi connectivity index (χ2v) is 7.26. The van der Waals surface area contributed by atoms with E-state index in [4.69, 9.17) is 9.47 Å². The summed E-state index contributed by atoms with van der Waals surface area (Å²) in [6.07, 6.45) is 0.141. The molecule has 156 valence electrons. The van der Waals surface area contributed by atoms with Crippen molar-refractivity contribution in [1.29, 1.82) is 0 Å². The Hall–Kier alpha value is -3.71. The predicted molar refractivity (Wildman–Crippen MR) is 122 cm³/mol. The maximum absolute atomic E-state index is 12.2. The summed E-state index contributed by atoms with van der Waals surface area (Å²) < 4.78 is 10.9. The summed E-state index contributed by atoms with van der Waals surface area (Å²) in [5.41, 5.74) is 5.77.